The Balaban J connectivity index is 1.12. The van der Waals surface area contributed by atoms with E-state index in [4.69, 9.17) is 4.74 Å². The van der Waals surface area contributed by atoms with Crippen LogP contribution in [0, 0.1) is 5.92 Å². The summed E-state index contributed by atoms with van der Waals surface area (Å²) in [6, 6.07) is 13.1. The van der Waals surface area contributed by atoms with Gasteiger partial charge in [0, 0.05) is 48.0 Å². The van der Waals surface area contributed by atoms with Gasteiger partial charge in [0.25, 0.3) is 5.56 Å². The summed E-state index contributed by atoms with van der Waals surface area (Å²) < 4.78 is 5.32. The molecule has 2 aromatic carbocycles. The summed E-state index contributed by atoms with van der Waals surface area (Å²) in [5.41, 5.74) is 2.47. The molecular weight excluding hydrogens is 458 g/mol. The average Bonchev–Trinajstić information content (AvgIpc) is 3.32. The van der Waals surface area contributed by atoms with E-state index >= 15 is 0 Å². The first kappa shape index (κ1) is 23.6. The molecule has 1 fully saturated rings. The van der Waals surface area contributed by atoms with Gasteiger partial charge in [-0.3, -0.25) is 14.4 Å². The van der Waals surface area contributed by atoms with E-state index in [0.29, 0.717) is 48.9 Å². The summed E-state index contributed by atoms with van der Waals surface area (Å²) in [6.45, 7) is 1.61. The van der Waals surface area contributed by atoms with Crippen LogP contribution in [0.25, 0.3) is 21.7 Å². The molecule has 0 saturated carbocycles. The van der Waals surface area contributed by atoms with Crippen LogP contribution in [0.5, 0.6) is 5.75 Å². The van der Waals surface area contributed by atoms with Crippen LogP contribution in [-0.2, 0) is 22.4 Å². The van der Waals surface area contributed by atoms with Gasteiger partial charge in [-0.05, 0) is 49.1 Å². The van der Waals surface area contributed by atoms with Gasteiger partial charge in [-0.15, -0.1) is 0 Å². The highest BCUT2D eigenvalue weighted by Crippen LogP contribution is 2.24. The molecule has 0 unspecified atom stereocenters. The minimum atomic E-state index is -0.266. The number of ether oxygens (including phenoxy) is 1. The number of rotatable bonds is 7. The quantitative estimate of drug-likeness (QED) is 0.370. The second-order valence-electron chi connectivity index (χ2n) is 9.14. The third-order valence-electron chi connectivity index (χ3n) is 6.98. The van der Waals surface area contributed by atoms with Crippen molar-refractivity contribution in [1.29, 1.82) is 0 Å². The zero-order valence-electron chi connectivity index (χ0n) is 20.2. The first-order valence-corrected chi connectivity index (χ1v) is 12.2. The number of aromatic nitrogens is 3. The highest BCUT2D eigenvalue weighted by molar-refractivity contribution is 5.88. The maximum absolute atomic E-state index is 12.9. The molecule has 0 spiro atoms. The third kappa shape index (κ3) is 4.82. The molecule has 0 aliphatic carbocycles. The van der Waals surface area contributed by atoms with E-state index < -0.39 is 0 Å². The Morgan fingerprint density at radius 1 is 1.11 bits per heavy atom. The number of hydrogen-bond donors (Lipinski definition) is 3. The molecule has 36 heavy (non-hydrogen) atoms. The fourth-order valence-electron chi connectivity index (χ4n) is 4.91. The van der Waals surface area contributed by atoms with E-state index in [1.165, 1.54) is 0 Å². The first-order valence-electron chi connectivity index (χ1n) is 12.2. The second-order valence-corrected chi connectivity index (χ2v) is 9.14. The number of H-pyrrole nitrogens is 2. The lowest BCUT2D eigenvalue weighted by atomic mass is 9.95. The molecule has 0 bridgehead atoms. The summed E-state index contributed by atoms with van der Waals surface area (Å²) in [5, 5.41) is 12.0. The SMILES string of the molecule is COc1ccc2[nH]cc(CCNC(=O)C3CCN(C(=O)Cc4n[nH]c(=O)c5ccccc45)CC3)c2c1. The minimum Gasteiger partial charge on any atom is -0.497 e. The summed E-state index contributed by atoms with van der Waals surface area (Å²) in [4.78, 5) is 42.7. The first-order chi connectivity index (χ1) is 17.5. The number of hydrogen-bond acceptors (Lipinski definition) is 5. The molecule has 1 aliphatic rings. The molecule has 1 aliphatic heterocycles. The van der Waals surface area contributed by atoms with Gasteiger partial charge < -0.3 is 19.9 Å². The topological polar surface area (TPSA) is 120 Å². The summed E-state index contributed by atoms with van der Waals surface area (Å²) in [6.07, 6.45) is 4.06. The largest absolute Gasteiger partial charge is 0.497 e. The molecule has 4 aromatic rings. The summed E-state index contributed by atoms with van der Waals surface area (Å²) in [5.74, 6) is 0.684. The highest BCUT2D eigenvalue weighted by atomic mass is 16.5. The number of methoxy groups -OCH3 is 1. The molecule has 3 N–H and O–H groups in total. The van der Waals surface area contributed by atoms with E-state index in [0.717, 1.165) is 28.6 Å². The van der Waals surface area contributed by atoms with Gasteiger partial charge in [0.15, 0.2) is 0 Å². The predicted octanol–water partition coefficient (Wildman–Crippen LogP) is 2.55. The number of nitrogens with zero attached hydrogens (tertiary/aromatic N) is 2. The van der Waals surface area contributed by atoms with Crippen LogP contribution < -0.4 is 15.6 Å². The van der Waals surface area contributed by atoms with Gasteiger partial charge >= 0.3 is 0 Å². The summed E-state index contributed by atoms with van der Waals surface area (Å²) in [7, 11) is 1.65. The maximum atomic E-state index is 12.9. The summed E-state index contributed by atoms with van der Waals surface area (Å²) >= 11 is 0. The molecule has 9 nitrogen and oxygen atoms in total. The molecule has 9 heteroatoms. The number of piperidine rings is 1. The van der Waals surface area contributed by atoms with Crippen LogP contribution in [0.4, 0.5) is 0 Å². The van der Waals surface area contributed by atoms with Gasteiger partial charge in [0.1, 0.15) is 5.75 Å². The van der Waals surface area contributed by atoms with Crippen LogP contribution in [0.15, 0.2) is 53.5 Å². The van der Waals surface area contributed by atoms with E-state index in [1.54, 1.807) is 24.1 Å². The van der Waals surface area contributed by atoms with E-state index in [9.17, 15) is 14.4 Å². The maximum Gasteiger partial charge on any atom is 0.272 e. The second kappa shape index (κ2) is 10.2. The fraction of sp³-hybridized carbons (Fsp3) is 0.333. The predicted molar refractivity (Wildman–Crippen MR) is 137 cm³/mol. The van der Waals surface area contributed by atoms with Gasteiger partial charge in [0.2, 0.25) is 11.8 Å². The van der Waals surface area contributed by atoms with Crippen molar-refractivity contribution < 1.29 is 14.3 Å². The Kier molecular flexibility index (Phi) is 6.71. The molecule has 0 atom stereocenters. The molecule has 3 heterocycles. The molecule has 186 valence electrons. The lowest BCUT2D eigenvalue weighted by molar-refractivity contribution is -0.135. The van der Waals surface area contributed by atoms with E-state index in [-0.39, 0.29) is 29.7 Å². The minimum absolute atomic E-state index is 0.0350. The van der Waals surface area contributed by atoms with Gasteiger partial charge in [-0.1, -0.05) is 18.2 Å². The number of aromatic amines is 2. The van der Waals surface area contributed by atoms with Crippen LogP contribution in [-0.4, -0.2) is 58.6 Å². The number of carbonyl (C=O) groups is 2. The smallest absolute Gasteiger partial charge is 0.272 e. The lowest BCUT2D eigenvalue weighted by Gasteiger charge is -2.31. The molecule has 2 amide bonds. The Labute approximate surface area is 207 Å². The normalized spacial score (nSPS) is 14.3. The number of nitrogens with one attached hydrogen (secondary N) is 3. The lowest BCUT2D eigenvalue weighted by Crippen LogP contribution is -2.44. The Hall–Kier alpha value is -4.14. The average molecular weight is 488 g/mol. The fourth-order valence-corrected chi connectivity index (χ4v) is 4.91. The highest BCUT2D eigenvalue weighted by Gasteiger charge is 2.27. The van der Waals surface area contributed by atoms with Gasteiger partial charge in [-0.25, -0.2) is 5.10 Å². The standard InChI is InChI=1S/C27H29N5O4/c1-36-19-6-7-23-22(14-19)18(16-29-23)8-11-28-26(34)17-9-12-32(13-10-17)25(33)15-24-20-4-2-3-5-21(20)27(35)31-30-24/h2-7,14,16-17,29H,8-13,15H2,1H3,(H,28,34)(H,31,35). The Bertz CT molecular complexity index is 1470. The van der Waals surface area contributed by atoms with E-state index in [2.05, 4.69) is 20.5 Å². The van der Waals surface area contributed by atoms with Crippen molar-refractivity contribution >= 4 is 33.5 Å². The molecule has 1 saturated heterocycles. The zero-order chi connectivity index (χ0) is 25.1. The van der Waals surface area contributed by atoms with E-state index in [1.807, 2.05) is 36.5 Å². The molecule has 5 rings (SSSR count). The number of likely N-dealkylation sites (tertiary alicyclic amines) is 1. The monoisotopic (exact) mass is 487 g/mol. The third-order valence-corrected chi connectivity index (χ3v) is 6.98. The zero-order valence-corrected chi connectivity index (χ0v) is 20.2. The van der Waals surface area contributed by atoms with Crippen molar-refractivity contribution in [1.82, 2.24) is 25.4 Å². The van der Waals surface area contributed by atoms with Crippen molar-refractivity contribution in [3.63, 3.8) is 0 Å². The number of benzene rings is 2. The van der Waals surface area contributed by atoms with Gasteiger partial charge in [-0.2, -0.15) is 5.10 Å². The van der Waals surface area contributed by atoms with Crippen LogP contribution in [0.3, 0.4) is 0 Å². The van der Waals surface area contributed by atoms with Crippen molar-refractivity contribution in [2.75, 3.05) is 26.7 Å². The van der Waals surface area contributed by atoms with Crippen LogP contribution >= 0.6 is 0 Å². The number of carbonyl (C=O) groups excluding carboxylic acids is 2. The van der Waals surface area contributed by atoms with Crippen molar-refractivity contribution in [2.24, 2.45) is 5.92 Å². The van der Waals surface area contributed by atoms with Crippen molar-refractivity contribution in [3.05, 3.63) is 70.3 Å². The Morgan fingerprint density at radius 2 is 1.89 bits per heavy atom. The van der Waals surface area contributed by atoms with Crippen LogP contribution in [0.2, 0.25) is 0 Å². The van der Waals surface area contributed by atoms with Crippen molar-refractivity contribution in [2.45, 2.75) is 25.7 Å². The van der Waals surface area contributed by atoms with Crippen molar-refractivity contribution in [3.8, 4) is 5.75 Å². The number of amides is 2. The molecule has 0 radical (unpaired) electrons. The van der Waals surface area contributed by atoms with Crippen LogP contribution in [0.1, 0.15) is 24.1 Å². The molecule has 2 aromatic heterocycles. The number of fused-ring (bicyclic) bond motifs is 2. The Morgan fingerprint density at radius 3 is 2.67 bits per heavy atom. The molecular formula is C27H29N5O4. The van der Waals surface area contributed by atoms with Gasteiger partial charge in [0.05, 0.1) is 24.6 Å².